The molecule has 0 atom stereocenters. The highest BCUT2D eigenvalue weighted by Gasteiger charge is 2.21. The Morgan fingerprint density at radius 2 is 1.03 bits per heavy atom. The van der Waals surface area contributed by atoms with Gasteiger partial charge in [-0.05, 0) is 56.0 Å². The number of rotatable bonds is 8. The molecule has 0 radical (unpaired) electrons. The summed E-state index contributed by atoms with van der Waals surface area (Å²) in [7, 11) is 0. The van der Waals surface area contributed by atoms with Gasteiger partial charge in [0.2, 0.25) is 0 Å². The van der Waals surface area contributed by atoms with Crippen molar-refractivity contribution >= 4 is 23.9 Å². The maximum atomic E-state index is 11.3. The fourth-order valence-electron chi connectivity index (χ4n) is 2.69. The molecule has 0 heterocycles. The van der Waals surface area contributed by atoms with E-state index in [0.717, 1.165) is 5.56 Å². The zero-order chi connectivity index (χ0) is 28.3. The van der Waals surface area contributed by atoms with Crippen molar-refractivity contribution < 1.29 is 39.6 Å². The summed E-state index contributed by atoms with van der Waals surface area (Å²) in [4.78, 5) is 43.2. The summed E-state index contributed by atoms with van der Waals surface area (Å²) < 4.78 is 0. The molecule has 0 bridgehead atoms. The fourth-order valence-corrected chi connectivity index (χ4v) is 2.69. The largest absolute Gasteiger partial charge is 0.478 e. The van der Waals surface area contributed by atoms with Crippen LogP contribution >= 0.6 is 0 Å². The number of aromatic carboxylic acids is 4. The van der Waals surface area contributed by atoms with Gasteiger partial charge < -0.3 is 20.4 Å². The van der Waals surface area contributed by atoms with Gasteiger partial charge >= 0.3 is 23.9 Å². The molecule has 0 aliphatic carbocycles. The average molecular weight is 497 g/mol. The highest BCUT2D eigenvalue weighted by atomic mass is 16.4. The Bertz CT molecular complexity index is 1060. The van der Waals surface area contributed by atoms with Crippen molar-refractivity contribution in [1.82, 2.24) is 0 Å². The van der Waals surface area contributed by atoms with Gasteiger partial charge in [0.05, 0.1) is 22.3 Å². The van der Waals surface area contributed by atoms with E-state index in [4.69, 9.17) is 15.3 Å². The van der Waals surface area contributed by atoms with Crippen LogP contribution < -0.4 is 0 Å². The van der Waals surface area contributed by atoms with Gasteiger partial charge in [0.25, 0.3) is 0 Å². The lowest BCUT2D eigenvalue weighted by molar-refractivity contribution is 0.0650. The monoisotopic (exact) mass is 496 g/mol. The zero-order valence-electron chi connectivity index (χ0n) is 20.4. The summed E-state index contributed by atoms with van der Waals surface area (Å²) >= 11 is 0. The summed E-state index contributed by atoms with van der Waals surface area (Å²) in [6.45, 7) is 17.7. The van der Waals surface area contributed by atoms with E-state index in [9.17, 15) is 24.3 Å². The Labute approximate surface area is 210 Å². The van der Waals surface area contributed by atoms with Gasteiger partial charge in [-0.1, -0.05) is 42.5 Å². The number of allylic oxidation sites excluding steroid dienone is 4. The van der Waals surface area contributed by atoms with Crippen LogP contribution in [0.5, 0.6) is 0 Å². The number of hydrogen-bond donors (Lipinski definition) is 4. The van der Waals surface area contributed by atoms with Crippen LogP contribution in [0.2, 0.25) is 0 Å². The SMILES string of the molecule is C=CC.C=CC.C=CCc1ccc(C(=O)O)c(C(=O)O)c1CC=C.O=C(O)c1ccccc1C(=O)O. The van der Waals surface area contributed by atoms with Crippen LogP contribution in [-0.2, 0) is 12.8 Å². The second-order valence-electron chi connectivity index (χ2n) is 6.69. The van der Waals surface area contributed by atoms with Crippen LogP contribution in [0.15, 0.2) is 87.0 Å². The number of carboxylic acid groups (broad SMARTS) is 4. The van der Waals surface area contributed by atoms with Gasteiger partial charge in [0, 0.05) is 0 Å². The van der Waals surface area contributed by atoms with E-state index < -0.39 is 23.9 Å². The molecule has 2 aromatic carbocycles. The predicted octanol–water partition coefficient (Wildman–Crippen LogP) is 6.01. The summed E-state index contributed by atoms with van der Waals surface area (Å²) in [5.74, 6) is -4.95. The molecule has 0 saturated carbocycles. The van der Waals surface area contributed by atoms with E-state index in [-0.39, 0.29) is 22.3 Å². The lowest BCUT2D eigenvalue weighted by atomic mass is 9.92. The van der Waals surface area contributed by atoms with Crippen LogP contribution in [0.25, 0.3) is 0 Å². The third-order valence-electron chi connectivity index (χ3n) is 3.95. The highest BCUT2D eigenvalue weighted by Crippen LogP contribution is 2.22. The third-order valence-corrected chi connectivity index (χ3v) is 3.95. The minimum absolute atomic E-state index is 0.165. The van der Waals surface area contributed by atoms with Gasteiger partial charge in [0.1, 0.15) is 0 Å². The van der Waals surface area contributed by atoms with Crippen molar-refractivity contribution in [3.8, 4) is 0 Å². The number of carboxylic acids is 4. The number of carbonyl (C=O) groups is 4. The quantitative estimate of drug-likeness (QED) is 0.325. The van der Waals surface area contributed by atoms with Crippen molar-refractivity contribution in [3.63, 3.8) is 0 Å². The minimum Gasteiger partial charge on any atom is -0.478 e. The standard InChI is InChI=1S/C14H14O4.C8H6O4.2C3H6/c1-3-5-9-7-8-11(13(15)16)12(14(17)18)10(9)6-4-2;9-7(10)5-3-1-2-4-6(5)8(11)12;2*1-3-2/h3-4,7-8H,1-2,5-6H2,(H,15,16)(H,17,18);1-4H,(H,9,10)(H,11,12);2*3H,1H2,2H3. The van der Waals surface area contributed by atoms with Gasteiger partial charge in [-0.25, -0.2) is 19.2 Å². The maximum absolute atomic E-state index is 11.3. The van der Waals surface area contributed by atoms with Gasteiger partial charge in [-0.2, -0.15) is 0 Å². The van der Waals surface area contributed by atoms with E-state index >= 15 is 0 Å². The number of hydrogen-bond acceptors (Lipinski definition) is 4. The van der Waals surface area contributed by atoms with Crippen LogP contribution in [0.3, 0.4) is 0 Å². The zero-order valence-corrected chi connectivity index (χ0v) is 20.4. The third kappa shape index (κ3) is 11.4. The van der Waals surface area contributed by atoms with E-state index in [0.29, 0.717) is 18.4 Å². The Hall–Kier alpha value is -4.72. The van der Waals surface area contributed by atoms with Gasteiger partial charge in [-0.3, -0.25) is 0 Å². The van der Waals surface area contributed by atoms with E-state index in [2.05, 4.69) is 26.3 Å². The molecule has 0 aliphatic heterocycles. The van der Waals surface area contributed by atoms with Gasteiger partial charge in [0.15, 0.2) is 0 Å². The van der Waals surface area contributed by atoms with Crippen molar-refractivity contribution in [2.45, 2.75) is 26.7 Å². The summed E-state index contributed by atoms with van der Waals surface area (Å²) in [5.41, 5.74) is 0.494. The first-order chi connectivity index (χ1) is 17.0. The molecule has 36 heavy (non-hydrogen) atoms. The first-order valence-corrected chi connectivity index (χ1v) is 10.5. The molecule has 8 heteroatoms. The molecule has 8 nitrogen and oxygen atoms in total. The molecule has 4 N–H and O–H groups in total. The first-order valence-electron chi connectivity index (χ1n) is 10.5. The van der Waals surface area contributed by atoms with Gasteiger partial charge in [-0.15, -0.1) is 26.3 Å². The van der Waals surface area contributed by atoms with Crippen LogP contribution in [0.4, 0.5) is 0 Å². The molecule has 0 fully saturated rings. The van der Waals surface area contributed by atoms with Crippen molar-refractivity contribution in [2.24, 2.45) is 0 Å². The molecular weight excluding hydrogens is 464 g/mol. The Morgan fingerprint density at radius 3 is 1.33 bits per heavy atom. The molecule has 2 rings (SSSR count). The normalized spacial score (nSPS) is 8.72. The van der Waals surface area contributed by atoms with Crippen LogP contribution in [0.1, 0.15) is 66.4 Å². The molecule has 192 valence electrons. The molecule has 0 unspecified atom stereocenters. The topological polar surface area (TPSA) is 149 Å². The van der Waals surface area contributed by atoms with Crippen molar-refractivity contribution in [1.29, 1.82) is 0 Å². The first kappa shape index (κ1) is 33.5. The Kier molecular flexibility index (Phi) is 17.4. The molecule has 2 aromatic rings. The molecule has 0 spiro atoms. The summed E-state index contributed by atoms with van der Waals surface area (Å²) in [6.07, 6.45) is 7.50. The predicted molar refractivity (Wildman–Crippen MR) is 140 cm³/mol. The summed E-state index contributed by atoms with van der Waals surface area (Å²) in [6, 6.07) is 8.41. The van der Waals surface area contributed by atoms with Crippen molar-refractivity contribution in [2.75, 3.05) is 0 Å². The smallest absolute Gasteiger partial charge is 0.336 e. The minimum atomic E-state index is -1.25. The van der Waals surface area contributed by atoms with E-state index in [1.165, 1.54) is 30.3 Å². The fraction of sp³-hybridized carbons (Fsp3) is 0.143. The van der Waals surface area contributed by atoms with Crippen molar-refractivity contribution in [3.05, 3.63) is 120 Å². The molecular formula is C28H32O8. The molecule has 0 saturated heterocycles. The second kappa shape index (κ2) is 18.7. The van der Waals surface area contributed by atoms with E-state index in [1.54, 1.807) is 30.4 Å². The maximum Gasteiger partial charge on any atom is 0.336 e. The number of benzene rings is 2. The molecule has 0 amide bonds. The average Bonchev–Trinajstić information content (AvgIpc) is 2.81. The van der Waals surface area contributed by atoms with Crippen LogP contribution in [-0.4, -0.2) is 44.3 Å². The van der Waals surface area contributed by atoms with Crippen LogP contribution in [0, 0.1) is 0 Å². The summed E-state index contributed by atoms with van der Waals surface area (Å²) in [5, 5.41) is 35.3. The highest BCUT2D eigenvalue weighted by molar-refractivity contribution is 6.03. The molecule has 0 aromatic heterocycles. The van der Waals surface area contributed by atoms with E-state index in [1.807, 2.05) is 13.8 Å². The molecule has 0 aliphatic rings. The lowest BCUT2D eigenvalue weighted by Crippen LogP contribution is -2.13. The lowest BCUT2D eigenvalue weighted by Gasteiger charge is -2.12. The second-order valence-corrected chi connectivity index (χ2v) is 6.69. The Balaban J connectivity index is 0. The Morgan fingerprint density at radius 1 is 0.639 bits per heavy atom.